The average molecular weight is 397 g/mol. The predicted molar refractivity (Wildman–Crippen MR) is 91.0 cm³/mol. The monoisotopic (exact) mass is 395 g/mol. The third-order valence-corrected chi connectivity index (χ3v) is 5.22. The van der Waals surface area contributed by atoms with Crippen LogP contribution in [0.5, 0.6) is 0 Å². The predicted octanol–water partition coefficient (Wildman–Crippen LogP) is 6.04. The lowest BCUT2D eigenvalue weighted by molar-refractivity contribution is 1.17. The van der Waals surface area contributed by atoms with Crippen molar-refractivity contribution in [2.24, 2.45) is 0 Å². The lowest BCUT2D eigenvalue weighted by Crippen LogP contribution is -1.98. The van der Waals surface area contributed by atoms with Crippen molar-refractivity contribution in [3.05, 3.63) is 61.7 Å². The van der Waals surface area contributed by atoms with Crippen LogP contribution in [0.2, 0.25) is 0 Å². The number of thiophene rings is 1. The minimum Gasteiger partial charge on any atom is -0.380 e. The SMILES string of the molecule is Brc1cc(CNc2ccc(Br)c3ccccc23)cs1. The molecule has 0 bridgehead atoms. The third-order valence-electron chi connectivity index (χ3n) is 2.98. The van der Waals surface area contributed by atoms with E-state index in [1.807, 2.05) is 0 Å². The highest BCUT2D eigenvalue weighted by atomic mass is 79.9. The molecule has 1 aromatic heterocycles. The Morgan fingerprint density at radius 1 is 1.00 bits per heavy atom. The normalized spacial score (nSPS) is 10.8. The lowest BCUT2D eigenvalue weighted by atomic mass is 10.1. The van der Waals surface area contributed by atoms with E-state index in [9.17, 15) is 0 Å². The van der Waals surface area contributed by atoms with E-state index >= 15 is 0 Å². The first kappa shape index (κ1) is 13.2. The molecular weight excluding hydrogens is 386 g/mol. The molecule has 0 fully saturated rings. The van der Waals surface area contributed by atoms with Gasteiger partial charge in [-0.05, 0) is 50.5 Å². The maximum absolute atomic E-state index is 3.60. The van der Waals surface area contributed by atoms with Crippen LogP contribution in [-0.4, -0.2) is 0 Å². The average Bonchev–Trinajstić information content (AvgIpc) is 2.84. The molecule has 0 amide bonds. The van der Waals surface area contributed by atoms with Crippen molar-refractivity contribution in [3.63, 3.8) is 0 Å². The van der Waals surface area contributed by atoms with Gasteiger partial charge in [0, 0.05) is 22.1 Å². The van der Waals surface area contributed by atoms with E-state index in [1.165, 1.54) is 25.8 Å². The fourth-order valence-corrected chi connectivity index (χ4v) is 3.74. The number of hydrogen-bond acceptors (Lipinski definition) is 2. The summed E-state index contributed by atoms with van der Waals surface area (Å²) in [5.41, 5.74) is 2.46. The third kappa shape index (κ3) is 2.86. The molecule has 3 rings (SSSR count). The van der Waals surface area contributed by atoms with Gasteiger partial charge in [0.25, 0.3) is 0 Å². The van der Waals surface area contributed by atoms with E-state index < -0.39 is 0 Å². The second-order valence-electron chi connectivity index (χ2n) is 4.25. The van der Waals surface area contributed by atoms with Crippen LogP contribution in [0.15, 0.2) is 56.1 Å². The quantitative estimate of drug-likeness (QED) is 0.569. The molecule has 0 unspecified atom stereocenters. The van der Waals surface area contributed by atoms with E-state index in [1.54, 1.807) is 11.3 Å². The van der Waals surface area contributed by atoms with E-state index in [4.69, 9.17) is 0 Å². The standard InChI is InChI=1S/C15H11Br2NS/c16-13-5-6-14(12-4-2-1-3-11(12)13)18-8-10-7-15(17)19-9-10/h1-7,9,18H,8H2. The molecule has 1 N–H and O–H groups in total. The summed E-state index contributed by atoms with van der Waals surface area (Å²) >= 11 is 8.81. The molecule has 19 heavy (non-hydrogen) atoms. The molecule has 1 nitrogen and oxygen atoms in total. The van der Waals surface area contributed by atoms with Crippen LogP contribution in [-0.2, 0) is 6.54 Å². The molecule has 0 aliphatic carbocycles. The van der Waals surface area contributed by atoms with Gasteiger partial charge in [-0.2, -0.15) is 0 Å². The maximum atomic E-state index is 3.60. The molecule has 4 heteroatoms. The lowest BCUT2D eigenvalue weighted by Gasteiger charge is -2.10. The number of rotatable bonds is 3. The highest BCUT2D eigenvalue weighted by molar-refractivity contribution is 9.11. The first-order valence-corrected chi connectivity index (χ1v) is 8.34. The zero-order valence-corrected chi connectivity index (χ0v) is 14.0. The Balaban J connectivity index is 1.91. The minimum atomic E-state index is 0.841. The van der Waals surface area contributed by atoms with E-state index in [0.29, 0.717) is 0 Å². The van der Waals surface area contributed by atoms with E-state index in [2.05, 4.69) is 85.0 Å². The first-order chi connectivity index (χ1) is 9.24. The zero-order chi connectivity index (χ0) is 13.2. The van der Waals surface area contributed by atoms with Crippen molar-refractivity contribution < 1.29 is 0 Å². The molecular formula is C15H11Br2NS. The van der Waals surface area contributed by atoms with Gasteiger partial charge in [0.2, 0.25) is 0 Å². The van der Waals surface area contributed by atoms with Gasteiger partial charge in [-0.3, -0.25) is 0 Å². The maximum Gasteiger partial charge on any atom is 0.0701 e. The van der Waals surface area contributed by atoms with Gasteiger partial charge in [-0.15, -0.1) is 11.3 Å². The molecule has 0 saturated heterocycles. The van der Waals surface area contributed by atoms with Gasteiger partial charge in [0.05, 0.1) is 3.79 Å². The van der Waals surface area contributed by atoms with Crippen LogP contribution >= 0.6 is 43.2 Å². The fraction of sp³-hybridized carbons (Fsp3) is 0.0667. The number of nitrogens with one attached hydrogen (secondary N) is 1. The van der Waals surface area contributed by atoms with Crippen molar-refractivity contribution in [2.45, 2.75) is 6.54 Å². The largest absolute Gasteiger partial charge is 0.380 e. The summed E-state index contributed by atoms with van der Waals surface area (Å²) in [5.74, 6) is 0. The Hall–Kier alpha value is -0.840. The van der Waals surface area contributed by atoms with Crippen LogP contribution < -0.4 is 5.32 Å². The number of hydrogen-bond donors (Lipinski definition) is 1. The second kappa shape index (κ2) is 5.65. The van der Waals surface area contributed by atoms with Crippen LogP contribution in [0.3, 0.4) is 0 Å². The molecule has 0 spiro atoms. The Morgan fingerprint density at radius 3 is 2.53 bits per heavy atom. The second-order valence-corrected chi connectivity index (χ2v) is 7.40. The Bertz CT molecular complexity index is 721. The Labute approximate surface area is 132 Å². The van der Waals surface area contributed by atoms with Gasteiger partial charge in [0.15, 0.2) is 0 Å². The van der Waals surface area contributed by atoms with Crippen LogP contribution in [0.4, 0.5) is 5.69 Å². The molecule has 0 atom stereocenters. The van der Waals surface area contributed by atoms with Gasteiger partial charge < -0.3 is 5.32 Å². The number of fused-ring (bicyclic) bond motifs is 1. The summed E-state index contributed by atoms with van der Waals surface area (Å²) in [6.45, 7) is 0.841. The molecule has 1 heterocycles. The Morgan fingerprint density at radius 2 is 1.79 bits per heavy atom. The van der Waals surface area contributed by atoms with E-state index in [0.717, 1.165) is 11.0 Å². The summed E-state index contributed by atoms with van der Waals surface area (Å²) in [6, 6.07) is 14.8. The summed E-state index contributed by atoms with van der Waals surface area (Å²) in [4.78, 5) is 0. The topological polar surface area (TPSA) is 12.0 Å². The van der Waals surface area contributed by atoms with Crippen LogP contribution in [0.25, 0.3) is 10.8 Å². The highest BCUT2D eigenvalue weighted by Crippen LogP contribution is 2.30. The zero-order valence-electron chi connectivity index (χ0n) is 9.99. The van der Waals surface area contributed by atoms with Gasteiger partial charge in [0.1, 0.15) is 0 Å². The van der Waals surface area contributed by atoms with Gasteiger partial charge >= 0.3 is 0 Å². The van der Waals surface area contributed by atoms with Crippen LogP contribution in [0.1, 0.15) is 5.56 Å². The molecule has 0 aliphatic heterocycles. The van der Waals surface area contributed by atoms with Crippen molar-refractivity contribution in [1.29, 1.82) is 0 Å². The molecule has 0 saturated carbocycles. The first-order valence-electron chi connectivity index (χ1n) is 5.88. The molecule has 96 valence electrons. The number of benzene rings is 2. The van der Waals surface area contributed by atoms with Crippen molar-refractivity contribution in [2.75, 3.05) is 5.32 Å². The van der Waals surface area contributed by atoms with Crippen molar-refractivity contribution in [3.8, 4) is 0 Å². The summed E-state index contributed by atoms with van der Waals surface area (Å²) in [7, 11) is 0. The molecule has 3 aromatic rings. The molecule has 0 radical (unpaired) electrons. The Kier molecular flexibility index (Phi) is 3.91. The van der Waals surface area contributed by atoms with Gasteiger partial charge in [-0.25, -0.2) is 0 Å². The highest BCUT2D eigenvalue weighted by Gasteiger charge is 2.04. The number of anilines is 1. The molecule has 0 aliphatic rings. The van der Waals surface area contributed by atoms with E-state index in [-0.39, 0.29) is 0 Å². The number of halogens is 2. The fourth-order valence-electron chi connectivity index (χ4n) is 2.05. The van der Waals surface area contributed by atoms with Crippen LogP contribution in [0, 0.1) is 0 Å². The van der Waals surface area contributed by atoms with Crippen molar-refractivity contribution in [1.82, 2.24) is 0 Å². The summed E-state index contributed by atoms with van der Waals surface area (Å²) < 4.78 is 2.30. The molecule has 2 aromatic carbocycles. The van der Waals surface area contributed by atoms with Crippen molar-refractivity contribution >= 4 is 59.7 Å². The van der Waals surface area contributed by atoms with Gasteiger partial charge in [-0.1, -0.05) is 40.2 Å². The smallest absolute Gasteiger partial charge is 0.0701 e. The minimum absolute atomic E-state index is 0.841. The summed E-state index contributed by atoms with van der Waals surface area (Å²) in [5, 5.41) is 8.15. The summed E-state index contributed by atoms with van der Waals surface area (Å²) in [6.07, 6.45) is 0.